The lowest BCUT2D eigenvalue weighted by atomic mass is 10.0. The van der Waals surface area contributed by atoms with Crippen molar-refractivity contribution in [3.05, 3.63) is 59.9 Å². The Bertz CT molecular complexity index is 579. The molecular weight excluding hydrogens is 262 g/mol. The Morgan fingerprint density at radius 3 is 2.33 bits per heavy atom. The molecule has 0 unspecified atom stereocenters. The molecule has 0 aliphatic rings. The van der Waals surface area contributed by atoms with Crippen molar-refractivity contribution in [2.24, 2.45) is 0 Å². The minimum absolute atomic E-state index is 0.138. The van der Waals surface area contributed by atoms with Crippen LogP contribution in [0.2, 0.25) is 0 Å². The molecule has 21 heavy (non-hydrogen) atoms. The zero-order valence-corrected chi connectivity index (χ0v) is 12.6. The summed E-state index contributed by atoms with van der Waals surface area (Å²) < 4.78 is 0. The molecule has 0 saturated heterocycles. The molecule has 1 heterocycles. The molecule has 0 aliphatic carbocycles. The lowest BCUT2D eigenvalue weighted by Crippen LogP contribution is -2.31. The van der Waals surface area contributed by atoms with Crippen molar-refractivity contribution in [3.8, 4) is 0 Å². The fourth-order valence-electron chi connectivity index (χ4n) is 2.02. The van der Waals surface area contributed by atoms with Gasteiger partial charge in [-0.15, -0.1) is 0 Å². The van der Waals surface area contributed by atoms with Crippen LogP contribution in [0.4, 0.5) is 10.5 Å². The van der Waals surface area contributed by atoms with E-state index in [0.717, 1.165) is 11.4 Å². The van der Waals surface area contributed by atoms with E-state index in [4.69, 9.17) is 0 Å². The molecule has 1 aromatic heterocycles. The molecule has 2 aromatic rings. The van der Waals surface area contributed by atoms with E-state index in [1.165, 1.54) is 5.56 Å². The first-order valence-corrected chi connectivity index (χ1v) is 7.14. The first kappa shape index (κ1) is 15.0. The van der Waals surface area contributed by atoms with Crippen LogP contribution in [-0.2, 0) is 0 Å². The van der Waals surface area contributed by atoms with Gasteiger partial charge >= 0.3 is 6.03 Å². The number of aromatic nitrogens is 1. The number of urea groups is 1. The molecule has 2 amide bonds. The first-order chi connectivity index (χ1) is 10.1. The fourth-order valence-corrected chi connectivity index (χ4v) is 2.02. The first-order valence-electron chi connectivity index (χ1n) is 7.14. The maximum absolute atomic E-state index is 12.0. The Balaban J connectivity index is 1.92. The van der Waals surface area contributed by atoms with E-state index < -0.39 is 0 Å². The van der Waals surface area contributed by atoms with Crippen LogP contribution < -0.4 is 10.6 Å². The fraction of sp³-hybridized carbons (Fsp3) is 0.294. The number of anilines is 1. The lowest BCUT2D eigenvalue weighted by Gasteiger charge is -2.14. The van der Waals surface area contributed by atoms with Crippen LogP contribution in [0.3, 0.4) is 0 Å². The molecule has 0 fully saturated rings. The molecule has 1 atom stereocenters. The van der Waals surface area contributed by atoms with Gasteiger partial charge in [0.15, 0.2) is 0 Å². The largest absolute Gasteiger partial charge is 0.330 e. The minimum Gasteiger partial charge on any atom is -0.330 e. The predicted molar refractivity (Wildman–Crippen MR) is 85.3 cm³/mol. The van der Waals surface area contributed by atoms with Gasteiger partial charge in [-0.05, 0) is 42.7 Å². The second-order valence-electron chi connectivity index (χ2n) is 5.35. The number of carbonyl (C=O) groups excluding carboxylic acids is 1. The highest BCUT2D eigenvalue weighted by atomic mass is 16.2. The maximum Gasteiger partial charge on any atom is 0.319 e. The summed E-state index contributed by atoms with van der Waals surface area (Å²) in [6, 6.07) is 13.2. The molecule has 1 aromatic carbocycles. The summed E-state index contributed by atoms with van der Waals surface area (Å²) in [5.74, 6) is 0.483. The van der Waals surface area contributed by atoms with Crippen LogP contribution in [0.5, 0.6) is 0 Å². The third kappa shape index (κ3) is 4.31. The average Bonchev–Trinajstić information content (AvgIpc) is 2.48. The van der Waals surface area contributed by atoms with Crippen molar-refractivity contribution in [1.29, 1.82) is 0 Å². The van der Waals surface area contributed by atoms with E-state index in [2.05, 4.69) is 29.5 Å². The van der Waals surface area contributed by atoms with Crippen molar-refractivity contribution < 1.29 is 4.79 Å². The van der Waals surface area contributed by atoms with Gasteiger partial charge in [0.2, 0.25) is 0 Å². The highest BCUT2D eigenvalue weighted by Crippen LogP contribution is 2.17. The lowest BCUT2D eigenvalue weighted by molar-refractivity contribution is 0.249. The van der Waals surface area contributed by atoms with Gasteiger partial charge in [-0.1, -0.05) is 32.0 Å². The number of carbonyl (C=O) groups is 1. The van der Waals surface area contributed by atoms with Crippen molar-refractivity contribution in [1.82, 2.24) is 10.3 Å². The van der Waals surface area contributed by atoms with Crippen molar-refractivity contribution in [3.63, 3.8) is 0 Å². The molecule has 0 spiro atoms. The van der Waals surface area contributed by atoms with Gasteiger partial charge in [0, 0.05) is 11.9 Å². The number of nitrogens with one attached hydrogen (secondary N) is 2. The van der Waals surface area contributed by atoms with Gasteiger partial charge in [-0.2, -0.15) is 0 Å². The number of hydrogen-bond donors (Lipinski definition) is 2. The van der Waals surface area contributed by atoms with Gasteiger partial charge in [-0.25, -0.2) is 4.79 Å². The van der Waals surface area contributed by atoms with Gasteiger partial charge in [0.05, 0.1) is 11.7 Å². The molecule has 0 bridgehead atoms. The van der Waals surface area contributed by atoms with Gasteiger partial charge in [0.25, 0.3) is 0 Å². The zero-order chi connectivity index (χ0) is 15.2. The quantitative estimate of drug-likeness (QED) is 0.888. The van der Waals surface area contributed by atoms with Crippen molar-refractivity contribution in [2.45, 2.75) is 32.7 Å². The number of pyridine rings is 1. The maximum atomic E-state index is 12.0. The monoisotopic (exact) mass is 283 g/mol. The van der Waals surface area contributed by atoms with Crippen LogP contribution in [0.1, 0.15) is 44.0 Å². The summed E-state index contributed by atoms with van der Waals surface area (Å²) in [4.78, 5) is 16.2. The Kier molecular flexibility index (Phi) is 4.93. The molecule has 2 N–H and O–H groups in total. The van der Waals surface area contributed by atoms with Crippen LogP contribution in [0.15, 0.2) is 48.7 Å². The second-order valence-corrected chi connectivity index (χ2v) is 5.35. The summed E-state index contributed by atoms with van der Waals surface area (Å²) in [6.45, 7) is 6.19. The number of amides is 2. The van der Waals surface area contributed by atoms with E-state index in [9.17, 15) is 4.79 Å². The Hall–Kier alpha value is -2.36. The van der Waals surface area contributed by atoms with E-state index in [-0.39, 0.29) is 12.1 Å². The van der Waals surface area contributed by atoms with Gasteiger partial charge in [-0.3, -0.25) is 4.98 Å². The van der Waals surface area contributed by atoms with E-state index >= 15 is 0 Å². The second kappa shape index (κ2) is 6.88. The third-order valence-corrected chi connectivity index (χ3v) is 3.31. The Morgan fingerprint density at radius 1 is 1.05 bits per heavy atom. The van der Waals surface area contributed by atoms with Crippen LogP contribution >= 0.6 is 0 Å². The molecule has 0 saturated carbocycles. The number of rotatable bonds is 4. The molecule has 2 rings (SSSR count). The smallest absolute Gasteiger partial charge is 0.319 e. The summed E-state index contributed by atoms with van der Waals surface area (Å²) in [5.41, 5.74) is 2.87. The van der Waals surface area contributed by atoms with Gasteiger partial charge < -0.3 is 10.6 Å². The summed E-state index contributed by atoms with van der Waals surface area (Å²) >= 11 is 0. The molecule has 4 nitrogen and oxygen atoms in total. The normalized spacial score (nSPS) is 12.0. The van der Waals surface area contributed by atoms with Crippen LogP contribution in [0, 0.1) is 0 Å². The Morgan fingerprint density at radius 2 is 1.76 bits per heavy atom. The predicted octanol–water partition coefficient (Wildman–Crippen LogP) is 4.09. The van der Waals surface area contributed by atoms with Crippen molar-refractivity contribution >= 4 is 11.7 Å². The standard InChI is InChI=1S/C17H21N3O/c1-12(2)14-7-9-15(10-8-14)20-17(21)19-13(3)16-6-4-5-11-18-16/h4-13H,1-3H3,(H2,19,20,21)/t13-/m1/s1. The average molecular weight is 283 g/mol. The van der Waals surface area contributed by atoms with Crippen LogP contribution in [-0.4, -0.2) is 11.0 Å². The highest BCUT2D eigenvalue weighted by Gasteiger charge is 2.10. The zero-order valence-electron chi connectivity index (χ0n) is 12.6. The van der Waals surface area contributed by atoms with Crippen molar-refractivity contribution in [2.75, 3.05) is 5.32 Å². The molecule has 0 radical (unpaired) electrons. The highest BCUT2D eigenvalue weighted by molar-refractivity contribution is 5.89. The van der Waals surface area contributed by atoms with Gasteiger partial charge in [0.1, 0.15) is 0 Å². The minimum atomic E-state index is -0.231. The van der Waals surface area contributed by atoms with E-state index in [0.29, 0.717) is 5.92 Å². The Labute approximate surface area is 125 Å². The molecule has 4 heteroatoms. The topological polar surface area (TPSA) is 54.0 Å². The number of nitrogens with zero attached hydrogens (tertiary/aromatic N) is 1. The van der Waals surface area contributed by atoms with Crippen LogP contribution in [0.25, 0.3) is 0 Å². The summed E-state index contributed by atoms with van der Waals surface area (Å²) in [7, 11) is 0. The molecule has 110 valence electrons. The van der Waals surface area contributed by atoms with E-state index in [1.807, 2.05) is 49.4 Å². The summed E-state index contributed by atoms with van der Waals surface area (Å²) in [6.07, 6.45) is 1.72. The van der Waals surface area contributed by atoms with E-state index in [1.54, 1.807) is 6.20 Å². The number of hydrogen-bond acceptors (Lipinski definition) is 2. The summed E-state index contributed by atoms with van der Waals surface area (Å²) in [5, 5.41) is 5.70. The number of benzene rings is 1. The molecular formula is C17H21N3O. The SMILES string of the molecule is CC(C)c1ccc(NC(=O)N[C@H](C)c2ccccn2)cc1. The third-order valence-electron chi connectivity index (χ3n) is 3.31. The molecule has 0 aliphatic heterocycles.